The molecule has 0 saturated carbocycles. The first-order valence-electron chi connectivity index (χ1n) is 9.73. The Morgan fingerprint density at radius 3 is 2.60 bits per heavy atom. The predicted molar refractivity (Wildman–Crippen MR) is 117 cm³/mol. The normalized spacial score (nSPS) is 20.4. The summed E-state index contributed by atoms with van der Waals surface area (Å²) in [5.74, 6) is -0.473. The number of anilines is 2. The summed E-state index contributed by atoms with van der Waals surface area (Å²) in [5.41, 5.74) is 0.789. The third kappa shape index (κ3) is 4.99. The van der Waals surface area contributed by atoms with E-state index in [4.69, 9.17) is 17.0 Å². The molecular formula is C18H26FN5O4S2. The summed E-state index contributed by atoms with van der Waals surface area (Å²) >= 11 is 5.11. The maximum Gasteiger partial charge on any atom is 0.414 e. The molecule has 1 amide bonds. The van der Waals surface area contributed by atoms with Crippen molar-refractivity contribution >= 4 is 44.9 Å². The standard InChI is InChI=1S/C18H26FN5O4S2/c1-3-17(29)21-11-14-12-24(18(25)28-14)13-4-5-16(15(19)10-13)22-6-8-23(9-7-22)30(26,27)20-2/h4-5,10,14,20H,3,6-9,11-12H2,1-2H3,(H,21,29)/t14-/m0/s1. The summed E-state index contributed by atoms with van der Waals surface area (Å²) in [6.07, 6.45) is -0.184. The Labute approximate surface area is 181 Å². The molecule has 2 N–H and O–H groups in total. The Kier molecular flexibility index (Phi) is 7.11. The summed E-state index contributed by atoms with van der Waals surface area (Å²) in [6.45, 7) is 3.91. The summed E-state index contributed by atoms with van der Waals surface area (Å²) in [7, 11) is -2.12. The topological polar surface area (TPSA) is 94.2 Å². The molecule has 0 spiro atoms. The van der Waals surface area contributed by atoms with Gasteiger partial charge in [0, 0.05) is 33.2 Å². The molecule has 166 valence electrons. The van der Waals surface area contributed by atoms with E-state index in [-0.39, 0.29) is 19.2 Å². The minimum absolute atomic E-state index is 0.261. The molecular weight excluding hydrogens is 433 g/mol. The van der Waals surface area contributed by atoms with Gasteiger partial charge in [0.25, 0.3) is 10.2 Å². The molecule has 0 aliphatic carbocycles. The van der Waals surface area contributed by atoms with E-state index in [1.807, 2.05) is 6.92 Å². The molecule has 30 heavy (non-hydrogen) atoms. The van der Waals surface area contributed by atoms with Crippen molar-refractivity contribution in [3.63, 3.8) is 0 Å². The van der Waals surface area contributed by atoms with Crippen molar-refractivity contribution in [2.45, 2.75) is 19.4 Å². The van der Waals surface area contributed by atoms with Crippen molar-refractivity contribution in [3.05, 3.63) is 24.0 Å². The highest BCUT2D eigenvalue weighted by Crippen LogP contribution is 2.28. The number of rotatable bonds is 7. The van der Waals surface area contributed by atoms with Gasteiger partial charge in [-0.25, -0.2) is 13.9 Å². The van der Waals surface area contributed by atoms with Crippen LogP contribution in [0.2, 0.25) is 0 Å². The van der Waals surface area contributed by atoms with Crippen LogP contribution >= 0.6 is 12.2 Å². The van der Waals surface area contributed by atoms with E-state index in [2.05, 4.69) is 10.0 Å². The number of piperazine rings is 1. The highest BCUT2D eigenvalue weighted by Gasteiger charge is 2.33. The van der Waals surface area contributed by atoms with Crippen molar-refractivity contribution in [3.8, 4) is 0 Å². The van der Waals surface area contributed by atoms with Crippen LogP contribution in [0.25, 0.3) is 0 Å². The average molecular weight is 460 g/mol. The van der Waals surface area contributed by atoms with E-state index in [0.29, 0.717) is 49.0 Å². The van der Waals surface area contributed by atoms with E-state index in [9.17, 15) is 17.6 Å². The molecule has 2 fully saturated rings. The number of cyclic esters (lactones) is 1. The molecule has 2 heterocycles. The van der Waals surface area contributed by atoms with Crippen LogP contribution in [-0.4, -0.2) is 76.2 Å². The van der Waals surface area contributed by atoms with E-state index in [1.54, 1.807) is 17.0 Å². The van der Waals surface area contributed by atoms with Crippen LogP contribution in [-0.2, 0) is 14.9 Å². The van der Waals surface area contributed by atoms with Crippen LogP contribution in [0.4, 0.5) is 20.6 Å². The molecule has 0 unspecified atom stereocenters. The van der Waals surface area contributed by atoms with E-state index in [0.717, 1.165) is 0 Å². The molecule has 3 rings (SSSR count). The van der Waals surface area contributed by atoms with Gasteiger partial charge in [0.05, 0.1) is 29.5 Å². The Morgan fingerprint density at radius 2 is 2.00 bits per heavy atom. The summed E-state index contributed by atoms with van der Waals surface area (Å²) in [4.78, 5) is 16.1. The largest absolute Gasteiger partial charge is 0.442 e. The lowest BCUT2D eigenvalue weighted by molar-refractivity contribution is 0.143. The minimum Gasteiger partial charge on any atom is -0.442 e. The van der Waals surface area contributed by atoms with Crippen molar-refractivity contribution in [2.24, 2.45) is 0 Å². The van der Waals surface area contributed by atoms with E-state index >= 15 is 0 Å². The molecule has 9 nitrogen and oxygen atoms in total. The van der Waals surface area contributed by atoms with Crippen molar-refractivity contribution in [1.29, 1.82) is 0 Å². The van der Waals surface area contributed by atoms with Gasteiger partial charge in [-0.05, 0) is 24.6 Å². The van der Waals surface area contributed by atoms with Gasteiger partial charge in [0.15, 0.2) is 0 Å². The maximum atomic E-state index is 14.8. The number of amides is 1. The molecule has 0 bridgehead atoms. The van der Waals surface area contributed by atoms with Gasteiger partial charge < -0.3 is 15.0 Å². The van der Waals surface area contributed by atoms with Gasteiger partial charge in [-0.3, -0.25) is 4.90 Å². The Hall–Kier alpha value is -2.02. The third-order valence-corrected chi connectivity index (χ3v) is 7.14. The van der Waals surface area contributed by atoms with Crippen LogP contribution in [0.3, 0.4) is 0 Å². The van der Waals surface area contributed by atoms with Crippen LogP contribution in [0.1, 0.15) is 13.3 Å². The van der Waals surface area contributed by atoms with E-state index in [1.165, 1.54) is 22.3 Å². The Bertz CT molecular complexity index is 906. The first-order chi connectivity index (χ1) is 14.2. The number of ether oxygens (including phenoxy) is 1. The zero-order valence-corrected chi connectivity index (χ0v) is 18.6. The first kappa shape index (κ1) is 22.7. The zero-order valence-electron chi connectivity index (χ0n) is 16.9. The summed E-state index contributed by atoms with van der Waals surface area (Å²) in [5, 5.41) is 3.04. The van der Waals surface area contributed by atoms with Crippen molar-refractivity contribution < 1.29 is 22.3 Å². The molecule has 0 aromatic heterocycles. The lowest BCUT2D eigenvalue weighted by Crippen LogP contribution is -2.51. The van der Waals surface area contributed by atoms with Crippen LogP contribution in [0.15, 0.2) is 18.2 Å². The number of carbonyl (C=O) groups excluding carboxylic acids is 1. The molecule has 12 heteroatoms. The SMILES string of the molecule is CCC(=S)NC[C@H]1CN(c2ccc(N3CCN(S(=O)(=O)NC)CC3)c(F)c2)C(=O)O1. The van der Waals surface area contributed by atoms with Gasteiger partial charge in [-0.1, -0.05) is 19.1 Å². The molecule has 1 aromatic carbocycles. The number of hydrogen-bond donors (Lipinski definition) is 2. The van der Waals surface area contributed by atoms with Gasteiger partial charge in [-0.2, -0.15) is 12.7 Å². The molecule has 0 radical (unpaired) electrons. The lowest BCUT2D eigenvalue weighted by Gasteiger charge is -2.35. The van der Waals surface area contributed by atoms with Crippen LogP contribution < -0.4 is 19.8 Å². The highest BCUT2D eigenvalue weighted by atomic mass is 32.2. The second-order valence-corrected chi connectivity index (χ2v) is 9.37. The fourth-order valence-electron chi connectivity index (χ4n) is 3.41. The second-order valence-electron chi connectivity index (χ2n) is 7.00. The number of hydrogen-bond acceptors (Lipinski definition) is 6. The van der Waals surface area contributed by atoms with Crippen molar-refractivity contribution in [1.82, 2.24) is 14.3 Å². The smallest absolute Gasteiger partial charge is 0.414 e. The maximum absolute atomic E-state index is 14.8. The molecule has 1 atom stereocenters. The second kappa shape index (κ2) is 9.41. The number of carbonyl (C=O) groups is 1. The quantitative estimate of drug-likeness (QED) is 0.589. The first-order valence-corrected chi connectivity index (χ1v) is 11.6. The monoisotopic (exact) mass is 459 g/mol. The number of benzene rings is 1. The molecule has 2 saturated heterocycles. The molecule has 2 aliphatic heterocycles. The summed E-state index contributed by atoms with van der Waals surface area (Å²) < 4.78 is 47.5. The number of nitrogens with one attached hydrogen (secondary N) is 2. The Balaban J connectivity index is 1.63. The fourth-order valence-corrected chi connectivity index (χ4v) is 4.40. The Morgan fingerprint density at radius 1 is 1.30 bits per heavy atom. The number of halogens is 1. The number of thiocarbonyl (C=S) groups is 1. The van der Waals surface area contributed by atoms with Crippen molar-refractivity contribution in [2.75, 3.05) is 56.1 Å². The third-order valence-electron chi connectivity index (χ3n) is 5.14. The number of nitrogens with zero attached hydrogens (tertiary/aromatic N) is 3. The van der Waals surface area contributed by atoms with Crippen LogP contribution in [0, 0.1) is 5.82 Å². The molecule has 2 aliphatic rings. The van der Waals surface area contributed by atoms with E-state index < -0.39 is 22.1 Å². The lowest BCUT2D eigenvalue weighted by atomic mass is 10.2. The highest BCUT2D eigenvalue weighted by molar-refractivity contribution is 7.87. The zero-order chi connectivity index (χ0) is 21.9. The predicted octanol–water partition coefficient (Wildman–Crippen LogP) is 1.06. The van der Waals surface area contributed by atoms with Crippen LogP contribution in [0.5, 0.6) is 0 Å². The van der Waals surface area contributed by atoms with Gasteiger partial charge in [0.2, 0.25) is 0 Å². The van der Waals surface area contributed by atoms with Gasteiger partial charge in [-0.15, -0.1) is 0 Å². The average Bonchev–Trinajstić information content (AvgIpc) is 3.12. The molecule has 1 aromatic rings. The van der Waals surface area contributed by atoms with Gasteiger partial charge >= 0.3 is 6.09 Å². The fraction of sp³-hybridized carbons (Fsp3) is 0.556. The van der Waals surface area contributed by atoms with Gasteiger partial charge in [0.1, 0.15) is 11.9 Å². The summed E-state index contributed by atoms with van der Waals surface area (Å²) in [6, 6.07) is 4.58. The minimum atomic E-state index is -3.49.